The van der Waals surface area contributed by atoms with Gasteiger partial charge in [0.15, 0.2) is 0 Å². The van der Waals surface area contributed by atoms with Crippen LogP contribution in [0, 0.1) is 0 Å². The Hall–Kier alpha value is -1.55. The second-order valence-corrected chi connectivity index (χ2v) is 3.05. The molecule has 0 amide bonds. The first-order chi connectivity index (χ1) is 7.22. The van der Waals surface area contributed by atoms with Crippen LogP contribution in [0.3, 0.4) is 0 Å². The summed E-state index contributed by atoms with van der Waals surface area (Å²) in [6, 6.07) is 7.49. The number of carboxylic acids is 1. The summed E-state index contributed by atoms with van der Waals surface area (Å²) in [7, 11) is 1.60. The molecule has 0 saturated carbocycles. The van der Waals surface area contributed by atoms with Crippen LogP contribution in [-0.2, 0) is 16.1 Å². The maximum atomic E-state index is 10.2. The molecule has 0 heterocycles. The highest BCUT2D eigenvalue weighted by molar-refractivity contribution is 5.66. The fourth-order valence-corrected chi connectivity index (χ4v) is 1.11. The molecular formula is C11H14O4. The number of carbonyl (C=O) groups is 1. The molecule has 15 heavy (non-hydrogen) atoms. The number of ether oxygens (including phenoxy) is 2. The number of methoxy groups -OCH3 is 1. The van der Waals surface area contributed by atoms with Gasteiger partial charge in [-0.2, -0.15) is 0 Å². The van der Waals surface area contributed by atoms with E-state index in [-0.39, 0.29) is 13.0 Å². The first-order valence-corrected chi connectivity index (χ1v) is 4.65. The van der Waals surface area contributed by atoms with Gasteiger partial charge in [0.1, 0.15) is 5.75 Å². The Bertz CT molecular complexity index is 322. The predicted octanol–water partition coefficient (Wildman–Crippen LogP) is 1.69. The lowest BCUT2D eigenvalue weighted by atomic mass is 10.2. The molecule has 0 aliphatic carbocycles. The quantitative estimate of drug-likeness (QED) is 0.726. The van der Waals surface area contributed by atoms with Gasteiger partial charge in [0.2, 0.25) is 0 Å². The third-order valence-corrected chi connectivity index (χ3v) is 1.86. The average Bonchev–Trinajstić information content (AvgIpc) is 2.24. The van der Waals surface area contributed by atoms with Gasteiger partial charge < -0.3 is 14.6 Å². The van der Waals surface area contributed by atoms with Crippen molar-refractivity contribution in [3.63, 3.8) is 0 Å². The first-order valence-electron chi connectivity index (χ1n) is 4.65. The van der Waals surface area contributed by atoms with Crippen molar-refractivity contribution in [3.8, 4) is 5.75 Å². The molecule has 1 rings (SSSR count). The molecule has 0 spiro atoms. The third kappa shape index (κ3) is 4.46. The molecule has 1 aromatic carbocycles. The number of carboxylic acid groups (broad SMARTS) is 1. The van der Waals surface area contributed by atoms with E-state index in [9.17, 15) is 4.79 Å². The Kier molecular flexibility index (Phi) is 4.63. The molecule has 82 valence electrons. The van der Waals surface area contributed by atoms with Gasteiger partial charge in [-0.3, -0.25) is 4.79 Å². The van der Waals surface area contributed by atoms with Gasteiger partial charge in [0.25, 0.3) is 0 Å². The fraction of sp³-hybridized carbons (Fsp3) is 0.364. The maximum Gasteiger partial charge on any atom is 0.305 e. The molecule has 0 unspecified atom stereocenters. The molecule has 4 heteroatoms. The van der Waals surface area contributed by atoms with Crippen molar-refractivity contribution in [2.75, 3.05) is 13.7 Å². The number of hydrogen-bond donors (Lipinski definition) is 1. The van der Waals surface area contributed by atoms with Crippen molar-refractivity contribution < 1.29 is 19.4 Å². The lowest BCUT2D eigenvalue weighted by Crippen LogP contribution is -2.02. The Labute approximate surface area is 88.4 Å². The normalized spacial score (nSPS) is 9.93. The Morgan fingerprint density at radius 2 is 2.27 bits per heavy atom. The Balaban J connectivity index is 2.33. The maximum absolute atomic E-state index is 10.2. The Morgan fingerprint density at radius 1 is 1.47 bits per heavy atom. The molecule has 0 aliphatic heterocycles. The van der Waals surface area contributed by atoms with Crippen LogP contribution < -0.4 is 4.74 Å². The number of benzene rings is 1. The molecular weight excluding hydrogens is 196 g/mol. The monoisotopic (exact) mass is 210 g/mol. The van der Waals surface area contributed by atoms with Crippen LogP contribution in [-0.4, -0.2) is 24.8 Å². The zero-order valence-corrected chi connectivity index (χ0v) is 8.60. The highest BCUT2D eigenvalue weighted by Gasteiger charge is 1.98. The topological polar surface area (TPSA) is 55.8 Å². The van der Waals surface area contributed by atoms with Crippen LogP contribution in [0.15, 0.2) is 24.3 Å². The van der Waals surface area contributed by atoms with Crippen molar-refractivity contribution >= 4 is 5.97 Å². The second kappa shape index (κ2) is 6.03. The van der Waals surface area contributed by atoms with E-state index >= 15 is 0 Å². The van der Waals surface area contributed by atoms with Gasteiger partial charge in [-0.1, -0.05) is 12.1 Å². The predicted molar refractivity (Wildman–Crippen MR) is 54.9 cm³/mol. The zero-order chi connectivity index (χ0) is 11.1. The molecule has 0 radical (unpaired) electrons. The lowest BCUT2D eigenvalue weighted by molar-refractivity contribution is -0.138. The molecule has 0 atom stereocenters. The number of aliphatic carboxylic acids is 1. The van der Waals surface area contributed by atoms with Crippen LogP contribution in [0.25, 0.3) is 0 Å². The first kappa shape index (κ1) is 11.5. The summed E-state index contributed by atoms with van der Waals surface area (Å²) in [5.41, 5.74) is 0.972. The smallest absolute Gasteiger partial charge is 0.305 e. The molecule has 1 aromatic rings. The van der Waals surface area contributed by atoms with Crippen LogP contribution in [0.2, 0.25) is 0 Å². The third-order valence-electron chi connectivity index (χ3n) is 1.86. The van der Waals surface area contributed by atoms with E-state index in [1.165, 1.54) is 0 Å². The summed E-state index contributed by atoms with van der Waals surface area (Å²) >= 11 is 0. The van der Waals surface area contributed by atoms with Crippen LogP contribution >= 0.6 is 0 Å². The van der Waals surface area contributed by atoms with E-state index in [0.717, 1.165) is 11.3 Å². The molecule has 0 bridgehead atoms. The summed E-state index contributed by atoms with van der Waals surface area (Å²) in [4.78, 5) is 10.2. The second-order valence-electron chi connectivity index (χ2n) is 3.05. The lowest BCUT2D eigenvalue weighted by Gasteiger charge is -2.04. The standard InChI is InChI=1S/C11H14O4/c1-14-10-4-2-3-9(7-10)8-15-6-5-11(12)13/h2-4,7H,5-6,8H2,1H3,(H,12,13). The minimum absolute atomic E-state index is 0.0317. The molecule has 0 aliphatic rings. The van der Waals surface area contributed by atoms with Crippen molar-refractivity contribution in [3.05, 3.63) is 29.8 Å². The summed E-state index contributed by atoms with van der Waals surface area (Å²) in [5.74, 6) is -0.0741. The molecule has 4 nitrogen and oxygen atoms in total. The number of rotatable bonds is 6. The summed E-state index contributed by atoms with van der Waals surface area (Å²) in [6.07, 6.45) is 0.0317. The van der Waals surface area contributed by atoms with Gasteiger partial charge in [-0.05, 0) is 17.7 Å². The Morgan fingerprint density at radius 3 is 2.93 bits per heavy atom. The minimum atomic E-state index is -0.847. The highest BCUT2D eigenvalue weighted by atomic mass is 16.5. The van der Waals surface area contributed by atoms with E-state index in [1.807, 2.05) is 24.3 Å². The van der Waals surface area contributed by atoms with Crippen molar-refractivity contribution in [2.45, 2.75) is 13.0 Å². The zero-order valence-electron chi connectivity index (χ0n) is 8.60. The largest absolute Gasteiger partial charge is 0.497 e. The SMILES string of the molecule is COc1cccc(COCCC(=O)O)c1. The van der Waals surface area contributed by atoms with Crippen molar-refractivity contribution in [1.82, 2.24) is 0 Å². The van der Waals surface area contributed by atoms with Crippen LogP contribution in [0.1, 0.15) is 12.0 Å². The van der Waals surface area contributed by atoms with Crippen molar-refractivity contribution in [2.24, 2.45) is 0 Å². The van der Waals surface area contributed by atoms with Crippen LogP contribution in [0.5, 0.6) is 5.75 Å². The summed E-state index contributed by atoms with van der Waals surface area (Å²) in [6.45, 7) is 0.636. The fourth-order valence-electron chi connectivity index (χ4n) is 1.11. The van der Waals surface area contributed by atoms with Gasteiger partial charge >= 0.3 is 5.97 Å². The van der Waals surface area contributed by atoms with Gasteiger partial charge in [0.05, 0.1) is 26.7 Å². The molecule has 0 aromatic heterocycles. The molecule has 1 N–H and O–H groups in total. The summed E-state index contributed by atoms with van der Waals surface area (Å²) in [5, 5.41) is 8.39. The van der Waals surface area contributed by atoms with Gasteiger partial charge in [0, 0.05) is 0 Å². The van der Waals surface area contributed by atoms with E-state index in [0.29, 0.717) is 6.61 Å². The van der Waals surface area contributed by atoms with Crippen LogP contribution in [0.4, 0.5) is 0 Å². The van der Waals surface area contributed by atoms with Crippen molar-refractivity contribution in [1.29, 1.82) is 0 Å². The summed E-state index contributed by atoms with van der Waals surface area (Å²) < 4.78 is 10.2. The number of hydrogen-bond acceptors (Lipinski definition) is 3. The van der Waals surface area contributed by atoms with Gasteiger partial charge in [-0.25, -0.2) is 0 Å². The van der Waals surface area contributed by atoms with E-state index in [1.54, 1.807) is 7.11 Å². The molecule has 0 fully saturated rings. The van der Waals surface area contributed by atoms with E-state index in [4.69, 9.17) is 14.6 Å². The highest BCUT2D eigenvalue weighted by Crippen LogP contribution is 2.13. The van der Waals surface area contributed by atoms with Gasteiger partial charge in [-0.15, -0.1) is 0 Å². The van der Waals surface area contributed by atoms with E-state index in [2.05, 4.69) is 0 Å². The van der Waals surface area contributed by atoms with E-state index < -0.39 is 5.97 Å². The molecule has 0 saturated heterocycles. The minimum Gasteiger partial charge on any atom is -0.497 e. The average molecular weight is 210 g/mol.